The number of hydrogen-bond acceptors (Lipinski definition) is 2. The molecular weight excluding hydrogens is 270 g/mol. The van der Waals surface area contributed by atoms with Crippen LogP contribution in [-0.4, -0.2) is 11.1 Å². The molecule has 16 heavy (non-hydrogen) atoms. The third-order valence-electron chi connectivity index (χ3n) is 1.85. The largest absolute Gasteiger partial charge is 0.481 e. The Kier molecular flexibility index (Phi) is 4.57. The van der Waals surface area contributed by atoms with Gasteiger partial charge in [-0.25, -0.2) is 0 Å². The summed E-state index contributed by atoms with van der Waals surface area (Å²) in [4.78, 5) is 10.3. The number of rotatable bonds is 2. The lowest BCUT2D eigenvalue weighted by Crippen LogP contribution is -1.91. The van der Waals surface area contributed by atoms with E-state index < -0.39 is 5.97 Å². The summed E-state index contributed by atoms with van der Waals surface area (Å²) in [5, 5.41) is 17.8. The van der Waals surface area contributed by atoms with Crippen molar-refractivity contribution in [3.8, 4) is 17.9 Å². The van der Waals surface area contributed by atoms with E-state index in [4.69, 9.17) is 10.4 Å². The number of alkyl halides is 1. The molecule has 1 aromatic rings. The van der Waals surface area contributed by atoms with Crippen LogP contribution in [0.15, 0.2) is 18.2 Å². The van der Waals surface area contributed by atoms with Crippen molar-refractivity contribution in [1.29, 1.82) is 5.26 Å². The summed E-state index contributed by atoms with van der Waals surface area (Å²) < 4.78 is 0. The first-order valence-corrected chi connectivity index (χ1v) is 5.59. The molecule has 1 N–H and O–H groups in total. The second-order valence-electron chi connectivity index (χ2n) is 2.99. The van der Waals surface area contributed by atoms with Crippen LogP contribution in [0.5, 0.6) is 0 Å². The van der Waals surface area contributed by atoms with Crippen LogP contribution in [0.2, 0.25) is 0 Å². The molecule has 0 fully saturated rings. The summed E-state index contributed by atoms with van der Waals surface area (Å²) in [6.07, 6.45) is -0.196. The van der Waals surface area contributed by atoms with Gasteiger partial charge in [-0.15, -0.1) is 0 Å². The fourth-order valence-electron chi connectivity index (χ4n) is 1.09. The van der Waals surface area contributed by atoms with Gasteiger partial charge in [0.2, 0.25) is 0 Å². The lowest BCUT2D eigenvalue weighted by atomic mass is 10.1. The number of carboxylic acids is 1. The Labute approximate surface area is 102 Å². The molecule has 0 saturated carbocycles. The molecule has 0 amide bonds. The van der Waals surface area contributed by atoms with Crippen LogP contribution in [0.3, 0.4) is 0 Å². The third kappa shape index (κ3) is 3.42. The molecule has 4 heteroatoms. The number of hydrogen-bond donors (Lipinski definition) is 1. The molecule has 0 saturated heterocycles. The Balaban J connectivity index is 3.04. The van der Waals surface area contributed by atoms with Crippen LogP contribution < -0.4 is 0 Å². The molecule has 3 nitrogen and oxygen atoms in total. The second kappa shape index (κ2) is 5.95. The summed E-state index contributed by atoms with van der Waals surface area (Å²) >= 11 is 3.31. The van der Waals surface area contributed by atoms with Gasteiger partial charge in [-0.05, 0) is 17.7 Å². The molecule has 0 aliphatic carbocycles. The predicted octanol–water partition coefficient (Wildman–Crippen LogP) is 2.28. The van der Waals surface area contributed by atoms with Crippen molar-refractivity contribution in [2.24, 2.45) is 0 Å². The summed E-state index contributed by atoms with van der Waals surface area (Å²) in [5.74, 6) is 4.35. The maximum absolute atomic E-state index is 10.3. The first-order chi connectivity index (χ1) is 7.67. The molecule has 0 atom stereocenters. The van der Waals surface area contributed by atoms with E-state index in [9.17, 15) is 4.79 Å². The average Bonchev–Trinajstić information content (AvgIpc) is 2.28. The Hall–Kier alpha value is -1.78. The summed E-state index contributed by atoms with van der Waals surface area (Å²) in [5.41, 5.74) is 2.15. The Morgan fingerprint density at radius 2 is 2.25 bits per heavy atom. The van der Waals surface area contributed by atoms with Gasteiger partial charge in [0.25, 0.3) is 0 Å². The maximum Gasteiger partial charge on any atom is 0.315 e. The number of halogens is 1. The van der Waals surface area contributed by atoms with Gasteiger partial charge in [0, 0.05) is 10.9 Å². The van der Waals surface area contributed by atoms with Gasteiger partial charge < -0.3 is 5.11 Å². The second-order valence-corrected chi connectivity index (χ2v) is 3.55. The van der Waals surface area contributed by atoms with Crippen molar-refractivity contribution in [3.05, 3.63) is 34.9 Å². The normalized spacial score (nSPS) is 8.75. The zero-order valence-corrected chi connectivity index (χ0v) is 9.91. The highest BCUT2D eigenvalue weighted by atomic mass is 79.9. The first-order valence-electron chi connectivity index (χ1n) is 4.47. The standard InChI is InChI=1S/C12H8BrNO2/c13-7-11-5-4-9(8-14)6-10(11)2-1-3-12(15)16/h4-6H,3,7H2,(H,15,16). The van der Waals surface area contributed by atoms with Crippen molar-refractivity contribution in [3.63, 3.8) is 0 Å². The number of nitriles is 1. The first kappa shape index (κ1) is 12.3. The molecule has 0 spiro atoms. The molecule has 0 aliphatic rings. The minimum Gasteiger partial charge on any atom is -0.481 e. The summed E-state index contributed by atoms with van der Waals surface area (Å²) in [7, 11) is 0. The highest BCUT2D eigenvalue weighted by Crippen LogP contribution is 2.13. The Morgan fingerprint density at radius 1 is 1.50 bits per heavy atom. The number of aliphatic carboxylic acids is 1. The van der Waals surface area contributed by atoms with Crippen LogP contribution in [-0.2, 0) is 10.1 Å². The number of benzene rings is 1. The molecule has 0 bridgehead atoms. The maximum atomic E-state index is 10.3. The van der Waals surface area contributed by atoms with Gasteiger partial charge in [-0.1, -0.05) is 33.8 Å². The molecule has 0 aliphatic heterocycles. The monoisotopic (exact) mass is 277 g/mol. The molecule has 0 heterocycles. The smallest absolute Gasteiger partial charge is 0.315 e. The van der Waals surface area contributed by atoms with E-state index in [0.717, 1.165) is 5.56 Å². The molecule has 0 radical (unpaired) electrons. The van der Waals surface area contributed by atoms with Crippen LogP contribution in [0.1, 0.15) is 23.1 Å². The minimum absolute atomic E-state index is 0.196. The van der Waals surface area contributed by atoms with Gasteiger partial charge in [-0.2, -0.15) is 5.26 Å². The highest BCUT2D eigenvalue weighted by Gasteiger charge is 2.00. The lowest BCUT2D eigenvalue weighted by molar-refractivity contribution is -0.135. The number of nitrogens with zero attached hydrogens (tertiary/aromatic N) is 1. The lowest BCUT2D eigenvalue weighted by Gasteiger charge is -2.00. The quantitative estimate of drug-likeness (QED) is 0.666. The van der Waals surface area contributed by atoms with Gasteiger partial charge in [0.05, 0.1) is 11.6 Å². The van der Waals surface area contributed by atoms with Crippen LogP contribution in [0.25, 0.3) is 0 Å². The van der Waals surface area contributed by atoms with Crippen molar-refractivity contribution in [2.45, 2.75) is 11.8 Å². The van der Waals surface area contributed by atoms with Crippen molar-refractivity contribution < 1.29 is 9.90 Å². The number of carboxylic acid groups (broad SMARTS) is 1. The van der Waals surface area contributed by atoms with E-state index in [1.807, 2.05) is 6.07 Å². The molecule has 0 unspecified atom stereocenters. The summed E-state index contributed by atoms with van der Waals surface area (Å²) in [6, 6.07) is 7.19. The van der Waals surface area contributed by atoms with Gasteiger partial charge >= 0.3 is 5.97 Å². The van der Waals surface area contributed by atoms with Gasteiger partial charge in [0.1, 0.15) is 6.42 Å². The van der Waals surface area contributed by atoms with Gasteiger partial charge in [0.15, 0.2) is 0 Å². The fourth-order valence-corrected chi connectivity index (χ4v) is 1.58. The zero-order chi connectivity index (χ0) is 12.0. The Morgan fingerprint density at radius 3 is 2.81 bits per heavy atom. The SMILES string of the molecule is N#Cc1ccc(CBr)c(C#CCC(=O)O)c1. The van der Waals surface area contributed by atoms with Crippen LogP contribution in [0.4, 0.5) is 0 Å². The zero-order valence-electron chi connectivity index (χ0n) is 8.33. The average molecular weight is 278 g/mol. The molecule has 80 valence electrons. The van der Waals surface area contributed by atoms with Crippen molar-refractivity contribution in [2.75, 3.05) is 0 Å². The van der Waals surface area contributed by atoms with E-state index in [2.05, 4.69) is 27.8 Å². The third-order valence-corrected chi connectivity index (χ3v) is 2.45. The summed E-state index contributed by atoms with van der Waals surface area (Å²) in [6.45, 7) is 0. The Bertz CT molecular complexity index is 506. The molecular formula is C12H8BrNO2. The van der Waals surface area contributed by atoms with Gasteiger partial charge in [-0.3, -0.25) is 4.79 Å². The van der Waals surface area contributed by atoms with E-state index in [1.165, 1.54) is 0 Å². The minimum atomic E-state index is -0.954. The molecule has 0 aromatic heterocycles. The number of carbonyl (C=O) groups is 1. The van der Waals surface area contributed by atoms with E-state index in [1.54, 1.807) is 18.2 Å². The highest BCUT2D eigenvalue weighted by molar-refractivity contribution is 9.08. The topological polar surface area (TPSA) is 61.1 Å². The van der Waals surface area contributed by atoms with E-state index in [-0.39, 0.29) is 6.42 Å². The van der Waals surface area contributed by atoms with Crippen LogP contribution in [0, 0.1) is 23.2 Å². The van der Waals surface area contributed by atoms with E-state index in [0.29, 0.717) is 16.5 Å². The van der Waals surface area contributed by atoms with Crippen LogP contribution >= 0.6 is 15.9 Å². The fraction of sp³-hybridized carbons (Fsp3) is 0.167. The molecule has 1 rings (SSSR count). The predicted molar refractivity (Wildman–Crippen MR) is 62.9 cm³/mol. The molecule has 1 aromatic carbocycles. The van der Waals surface area contributed by atoms with E-state index >= 15 is 0 Å². The van der Waals surface area contributed by atoms with Crippen molar-refractivity contribution in [1.82, 2.24) is 0 Å². The van der Waals surface area contributed by atoms with Crippen molar-refractivity contribution >= 4 is 21.9 Å².